The van der Waals surface area contributed by atoms with Crippen molar-refractivity contribution in [1.29, 1.82) is 0 Å². The fourth-order valence-corrected chi connectivity index (χ4v) is 3.28. The van der Waals surface area contributed by atoms with Crippen molar-refractivity contribution < 1.29 is 14.2 Å². The molecule has 128 valence electrons. The molecule has 2 aliphatic rings. The molecule has 0 aliphatic carbocycles. The first-order valence-electron chi connectivity index (χ1n) is 8.46. The van der Waals surface area contributed by atoms with Gasteiger partial charge in [-0.05, 0) is 42.9 Å². The molecule has 1 aromatic heterocycles. The predicted molar refractivity (Wildman–Crippen MR) is 88.5 cm³/mol. The summed E-state index contributed by atoms with van der Waals surface area (Å²) in [6.45, 7) is 3.48. The third-order valence-electron chi connectivity index (χ3n) is 4.49. The third kappa shape index (κ3) is 4.01. The van der Waals surface area contributed by atoms with Gasteiger partial charge in [0.15, 0.2) is 0 Å². The van der Waals surface area contributed by atoms with Crippen LogP contribution < -0.4 is 10.6 Å². The van der Waals surface area contributed by atoms with Gasteiger partial charge in [0.1, 0.15) is 11.5 Å². The summed E-state index contributed by atoms with van der Waals surface area (Å²) in [6.07, 6.45) is 4.42. The molecule has 0 aromatic carbocycles. The molecule has 1 atom stereocenters. The van der Waals surface area contributed by atoms with Crippen LogP contribution in [0.2, 0.25) is 0 Å². The second-order valence-corrected chi connectivity index (χ2v) is 6.14. The minimum Gasteiger partial charge on any atom is -0.377 e. The second-order valence-electron chi connectivity index (χ2n) is 6.14. The van der Waals surface area contributed by atoms with Gasteiger partial charge in [-0.3, -0.25) is 0 Å². The summed E-state index contributed by atoms with van der Waals surface area (Å²) >= 11 is 0. The number of anilines is 1. The van der Waals surface area contributed by atoms with Gasteiger partial charge < -0.3 is 24.8 Å². The van der Waals surface area contributed by atoms with Crippen LogP contribution in [-0.2, 0) is 27.2 Å². The van der Waals surface area contributed by atoms with Crippen molar-refractivity contribution in [3.05, 3.63) is 22.9 Å². The first-order chi connectivity index (χ1) is 11.3. The summed E-state index contributed by atoms with van der Waals surface area (Å²) in [5.74, 6) is 0.966. The van der Waals surface area contributed by atoms with Gasteiger partial charge in [0.05, 0.1) is 6.10 Å². The van der Waals surface area contributed by atoms with Crippen molar-refractivity contribution in [3.63, 3.8) is 0 Å². The molecular weight excluding hydrogens is 294 g/mol. The van der Waals surface area contributed by atoms with Crippen molar-refractivity contribution in [2.45, 2.75) is 44.6 Å². The molecule has 6 heteroatoms. The quantitative estimate of drug-likeness (QED) is 0.749. The molecule has 6 nitrogen and oxygen atoms in total. The Morgan fingerprint density at radius 1 is 1.39 bits per heavy atom. The maximum Gasteiger partial charge on any atom is 0.200 e. The molecule has 0 spiro atoms. The van der Waals surface area contributed by atoms with Crippen LogP contribution in [0.15, 0.2) is 6.07 Å². The van der Waals surface area contributed by atoms with E-state index in [2.05, 4.69) is 16.7 Å². The van der Waals surface area contributed by atoms with E-state index in [1.165, 1.54) is 12.0 Å². The molecule has 0 saturated carbocycles. The number of aryl methyl sites for hydroxylation is 1. The molecule has 2 N–H and O–H groups in total. The molecule has 23 heavy (non-hydrogen) atoms. The first kappa shape index (κ1) is 16.6. The Hall–Kier alpha value is -1.21. The lowest BCUT2D eigenvalue weighted by atomic mass is 10.0. The Morgan fingerprint density at radius 2 is 2.26 bits per heavy atom. The fourth-order valence-electron chi connectivity index (χ4n) is 3.28. The van der Waals surface area contributed by atoms with Crippen molar-refractivity contribution in [3.8, 4) is 0 Å². The Bertz CT molecular complexity index is 514. The van der Waals surface area contributed by atoms with E-state index < -0.39 is 6.29 Å². The Morgan fingerprint density at radius 3 is 3.00 bits per heavy atom. The summed E-state index contributed by atoms with van der Waals surface area (Å²) in [7, 11) is 3.29. The number of hydrogen-bond acceptors (Lipinski definition) is 6. The van der Waals surface area contributed by atoms with Gasteiger partial charge in [0, 0.05) is 40.5 Å². The van der Waals surface area contributed by atoms with Crippen molar-refractivity contribution >= 4 is 5.82 Å². The highest BCUT2D eigenvalue weighted by Crippen LogP contribution is 2.27. The smallest absolute Gasteiger partial charge is 0.200 e. The molecule has 0 bridgehead atoms. The number of pyridine rings is 1. The zero-order valence-electron chi connectivity index (χ0n) is 14.1. The predicted octanol–water partition coefficient (Wildman–Crippen LogP) is 2.00. The van der Waals surface area contributed by atoms with E-state index in [0.29, 0.717) is 6.10 Å². The zero-order chi connectivity index (χ0) is 16.1. The van der Waals surface area contributed by atoms with E-state index in [0.717, 1.165) is 62.6 Å². The average Bonchev–Trinajstić information content (AvgIpc) is 3.09. The highest BCUT2D eigenvalue weighted by atomic mass is 16.7. The van der Waals surface area contributed by atoms with Crippen LogP contribution >= 0.6 is 0 Å². The third-order valence-corrected chi connectivity index (χ3v) is 4.49. The van der Waals surface area contributed by atoms with Crippen molar-refractivity contribution in [2.24, 2.45) is 0 Å². The van der Waals surface area contributed by atoms with Gasteiger partial charge in [-0.1, -0.05) is 0 Å². The number of fused-ring (bicyclic) bond motifs is 1. The van der Waals surface area contributed by atoms with Crippen LogP contribution in [0.5, 0.6) is 0 Å². The molecule has 1 fully saturated rings. The minimum absolute atomic E-state index is 0.339. The number of nitrogens with one attached hydrogen (secondary N) is 2. The highest BCUT2D eigenvalue weighted by molar-refractivity contribution is 5.49. The van der Waals surface area contributed by atoms with Crippen LogP contribution in [0.4, 0.5) is 5.82 Å². The summed E-state index contributed by atoms with van der Waals surface area (Å²) in [5, 5.41) is 6.87. The standard InChI is InChI=1S/C17H27N3O3/c1-21-17(22-2)15-13(10-18-11-14-6-4-8-23-14)9-12-5-3-7-19-16(12)20-15/h9,14,17-18H,3-8,10-11H2,1-2H3,(H,19,20). The minimum atomic E-state index is -0.441. The zero-order valence-corrected chi connectivity index (χ0v) is 14.1. The van der Waals surface area contributed by atoms with Crippen LogP contribution in [0, 0.1) is 0 Å². The highest BCUT2D eigenvalue weighted by Gasteiger charge is 2.21. The number of rotatable bonds is 7. The van der Waals surface area contributed by atoms with Gasteiger partial charge in [-0.15, -0.1) is 0 Å². The van der Waals surface area contributed by atoms with E-state index in [4.69, 9.17) is 19.2 Å². The second kappa shape index (κ2) is 8.06. The number of nitrogens with zero attached hydrogens (tertiary/aromatic N) is 1. The molecule has 3 heterocycles. The lowest BCUT2D eigenvalue weighted by molar-refractivity contribution is -0.109. The maximum absolute atomic E-state index is 5.66. The lowest BCUT2D eigenvalue weighted by Gasteiger charge is -2.23. The largest absolute Gasteiger partial charge is 0.377 e. The molecule has 3 rings (SSSR count). The first-order valence-corrected chi connectivity index (χ1v) is 8.46. The van der Waals surface area contributed by atoms with Crippen molar-refractivity contribution in [1.82, 2.24) is 10.3 Å². The van der Waals surface area contributed by atoms with Gasteiger partial charge in [0.2, 0.25) is 6.29 Å². The average molecular weight is 321 g/mol. The molecule has 0 radical (unpaired) electrons. The summed E-state index contributed by atoms with van der Waals surface area (Å²) in [6, 6.07) is 2.23. The van der Waals surface area contributed by atoms with Gasteiger partial charge >= 0.3 is 0 Å². The maximum atomic E-state index is 5.66. The molecule has 0 amide bonds. The SMILES string of the molecule is COC(OC)c1nc2c(cc1CNCC1CCCO1)CCCN2. The van der Waals surface area contributed by atoms with E-state index in [9.17, 15) is 0 Å². The summed E-state index contributed by atoms with van der Waals surface area (Å²) in [4.78, 5) is 4.77. The Kier molecular flexibility index (Phi) is 5.83. The van der Waals surface area contributed by atoms with Crippen LogP contribution in [0.25, 0.3) is 0 Å². The molecular formula is C17H27N3O3. The Labute approximate surface area is 137 Å². The number of hydrogen-bond donors (Lipinski definition) is 2. The van der Waals surface area contributed by atoms with Crippen LogP contribution in [-0.4, -0.2) is 45.0 Å². The summed E-state index contributed by atoms with van der Waals surface area (Å²) < 4.78 is 16.5. The molecule has 1 unspecified atom stereocenters. The number of ether oxygens (including phenoxy) is 3. The normalized spacial score (nSPS) is 20.6. The van der Waals surface area contributed by atoms with Crippen LogP contribution in [0.1, 0.15) is 42.4 Å². The van der Waals surface area contributed by atoms with E-state index in [1.807, 2.05) is 0 Å². The molecule has 2 aliphatic heterocycles. The Balaban J connectivity index is 1.74. The van der Waals surface area contributed by atoms with Crippen molar-refractivity contribution in [2.75, 3.05) is 39.2 Å². The topological polar surface area (TPSA) is 64.6 Å². The molecule has 1 aromatic rings. The van der Waals surface area contributed by atoms with E-state index in [1.54, 1.807) is 14.2 Å². The van der Waals surface area contributed by atoms with Gasteiger partial charge in [0.25, 0.3) is 0 Å². The number of methoxy groups -OCH3 is 2. The molecule has 1 saturated heterocycles. The van der Waals surface area contributed by atoms with E-state index >= 15 is 0 Å². The van der Waals surface area contributed by atoms with Gasteiger partial charge in [-0.2, -0.15) is 0 Å². The fraction of sp³-hybridized carbons (Fsp3) is 0.706. The monoisotopic (exact) mass is 321 g/mol. The lowest BCUT2D eigenvalue weighted by Crippen LogP contribution is -2.27. The van der Waals surface area contributed by atoms with E-state index in [-0.39, 0.29) is 0 Å². The summed E-state index contributed by atoms with van der Waals surface area (Å²) in [5.41, 5.74) is 3.27. The van der Waals surface area contributed by atoms with Gasteiger partial charge in [-0.25, -0.2) is 4.98 Å². The number of aromatic nitrogens is 1. The van der Waals surface area contributed by atoms with Crippen LogP contribution in [0.3, 0.4) is 0 Å².